The lowest BCUT2D eigenvalue weighted by molar-refractivity contribution is -0.149. The lowest BCUT2D eigenvalue weighted by Crippen LogP contribution is -2.59. The summed E-state index contributed by atoms with van der Waals surface area (Å²) >= 11 is 0. The Bertz CT molecular complexity index is 1260. The highest BCUT2D eigenvalue weighted by Gasteiger charge is 2.51. The number of anilines is 2. The maximum absolute atomic E-state index is 15.1. The Morgan fingerprint density at radius 2 is 2.03 bits per heavy atom. The first-order chi connectivity index (χ1) is 17.9. The topological polar surface area (TPSA) is 127 Å². The fourth-order valence-electron chi connectivity index (χ4n) is 4.64. The van der Waals surface area contributed by atoms with Gasteiger partial charge in [0.1, 0.15) is 23.6 Å². The molecule has 4 rings (SSSR count). The Balaban J connectivity index is 1.34. The molecule has 2 saturated heterocycles. The number of aromatic amines is 1. The van der Waals surface area contributed by atoms with Gasteiger partial charge in [-0.1, -0.05) is 0 Å². The van der Waals surface area contributed by atoms with Gasteiger partial charge >= 0.3 is 6.18 Å². The number of likely N-dealkylation sites (tertiary alicyclic amines) is 1. The largest absolute Gasteiger partial charge is 0.423 e. The number of aromatic nitrogens is 3. The molecule has 0 aromatic carbocycles. The van der Waals surface area contributed by atoms with Crippen molar-refractivity contribution in [1.82, 2.24) is 20.1 Å². The van der Waals surface area contributed by atoms with Crippen LogP contribution >= 0.6 is 0 Å². The van der Waals surface area contributed by atoms with E-state index in [1.54, 1.807) is 5.10 Å². The maximum Gasteiger partial charge on any atom is 0.423 e. The van der Waals surface area contributed by atoms with Crippen molar-refractivity contribution in [2.75, 3.05) is 36.5 Å². The molecule has 2 fully saturated rings. The number of halogens is 5. The molecule has 0 spiro atoms. The standard InChI is InChI=1S/C23H24F5N7O3/c1-13(32-15-10-31-33-20(36)19(15)23(26,27)28)11-38-16-4-7-35(21(16)37)17-5-6-34(12-22(17,24)25)18-3-2-14(8-29)9-30-18/h2-3,9-10,13,16-17H,4-7,11-12H2,1H3,(H2,32,33,36). The van der Waals surface area contributed by atoms with E-state index in [2.05, 4.69) is 15.4 Å². The van der Waals surface area contributed by atoms with Gasteiger partial charge in [0.15, 0.2) is 0 Å². The average Bonchev–Trinajstić information content (AvgIpc) is 3.21. The summed E-state index contributed by atoms with van der Waals surface area (Å²) in [6, 6.07) is 2.80. The third-order valence-corrected chi connectivity index (χ3v) is 6.42. The van der Waals surface area contributed by atoms with Crippen LogP contribution < -0.4 is 15.8 Å². The van der Waals surface area contributed by atoms with Gasteiger partial charge in [0, 0.05) is 31.7 Å². The van der Waals surface area contributed by atoms with E-state index in [0.717, 1.165) is 11.1 Å². The zero-order chi connectivity index (χ0) is 27.7. The van der Waals surface area contributed by atoms with E-state index in [0.29, 0.717) is 11.4 Å². The Labute approximate surface area is 213 Å². The van der Waals surface area contributed by atoms with E-state index in [-0.39, 0.29) is 32.5 Å². The maximum atomic E-state index is 15.1. The molecule has 3 atom stereocenters. The first-order valence-electron chi connectivity index (χ1n) is 11.7. The Hall–Kier alpha value is -3.80. The summed E-state index contributed by atoms with van der Waals surface area (Å²) in [4.78, 5) is 31.1. The Kier molecular flexibility index (Phi) is 7.54. The summed E-state index contributed by atoms with van der Waals surface area (Å²) in [5.74, 6) is -3.54. The van der Waals surface area contributed by atoms with Gasteiger partial charge in [0.05, 0.1) is 36.6 Å². The van der Waals surface area contributed by atoms with Crippen molar-refractivity contribution in [2.45, 2.75) is 50.1 Å². The van der Waals surface area contributed by atoms with Crippen LogP contribution in [0.3, 0.4) is 0 Å². The normalized spacial score (nSPS) is 22.3. The SMILES string of the molecule is CC(COC1CCN(C2CCN(c3ccc(C#N)cn3)CC2(F)F)C1=O)Nc1cn[nH]c(=O)c1C(F)(F)F. The summed E-state index contributed by atoms with van der Waals surface area (Å²) in [5, 5.41) is 16.5. The molecule has 38 heavy (non-hydrogen) atoms. The summed E-state index contributed by atoms with van der Waals surface area (Å²) in [5.41, 5.74) is -3.07. The summed E-state index contributed by atoms with van der Waals surface area (Å²) in [6.07, 6.45) is -3.67. The first kappa shape index (κ1) is 27.2. The van der Waals surface area contributed by atoms with Gasteiger partial charge in [-0.15, -0.1) is 0 Å². The van der Waals surface area contributed by atoms with Crippen LogP contribution in [0, 0.1) is 11.3 Å². The van der Waals surface area contributed by atoms with E-state index in [1.807, 2.05) is 6.07 Å². The molecule has 0 bridgehead atoms. The second kappa shape index (κ2) is 10.5. The molecular formula is C23H24F5N7O3. The molecule has 0 saturated carbocycles. The molecule has 2 N–H and O–H groups in total. The van der Waals surface area contributed by atoms with Crippen molar-refractivity contribution in [2.24, 2.45) is 0 Å². The number of nitriles is 1. The number of carbonyl (C=O) groups is 1. The van der Waals surface area contributed by atoms with Gasteiger partial charge in [-0.3, -0.25) is 9.59 Å². The lowest BCUT2D eigenvalue weighted by atomic mass is 9.99. The minimum absolute atomic E-state index is 0.0130. The van der Waals surface area contributed by atoms with Crippen LogP contribution in [0.5, 0.6) is 0 Å². The number of piperidine rings is 1. The zero-order valence-electron chi connectivity index (χ0n) is 20.1. The second-order valence-electron chi connectivity index (χ2n) is 9.18. The van der Waals surface area contributed by atoms with Crippen LogP contribution in [0.2, 0.25) is 0 Å². The minimum atomic E-state index is -4.92. The number of amides is 1. The molecule has 2 aromatic rings. The van der Waals surface area contributed by atoms with E-state index in [1.165, 1.54) is 30.2 Å². The summed E-state index contributed by atoms with van der Waals surface area (Å²) in [7, 11) is 0. The number of pyridine rings is 1. The molecule has 3 unspecified atom stereocenters. The van der Waals surface area contributed by atoms with Crippen LogP contribution in [0.4, 0.5) is 33.5 Å². The number of ether oxygens (including phenoxy) is 1. The smallest absolute Gasteiger partial charge is 0.378 e. The van der Waals surface area contributed by atoms with Crippen molar-refractivity contribution < 1.29 is 31.5 Å². The minimum Gasteiger partial charge on any atom is -0.378 e. The highest BCUT2D eigenvalue weighted by molar-refractivity contribution is 5.83. The van der Waals surface area contributed by atoms with Gasteiger partial charge in [-0.25, -0.2) is 18.9 Å². The van der Waals surface area contributed by atoms with Gasteiger partial charge in [-0.2, -0.15) is 23.5 Å². The number of rotatable bonds is 7. The molecule has 204 valence electrons. The average molecular weight is 541 g/mol. The van der Waals surface area contributed by atoms with Crippen LogP contribution in [-0.4, -0.2) is 76.3 Å². The Morgan fingerprint density at radius 3 is 2.66 bits per heavy atom. The summed E-state index contributed by atoms with van der Waals surface area (Å²) < 4.78 is 75.5. The van der Waals surface area contributed by atoms with Crippen LogP contribution in [0.1, 0.15) is 30.9 Å². The monoisotopic (exact) mass is 541 g/mol. The highest BCUT2D eigenvalue weighted by atomic mass is 19.4. The molecule has 0 aliphatic carbocycles. The van der Waals surface area contributed by atoms with Crippen molar-refractivity contribution in [3.05, 3.63) is 46.0 Å². The molecule has 2 aliphatic heterocycles. The fourth-order valence-corrected chi connectivity index (χ4v) is 4.64. The number of hydrogen-bond donors (Lipinski definition) is 2. The molecule has 15 heteroatoms. The fraction of sp³-hybridized carbons (Fsp3) is 0.522. The highest BCUT2D eigenvalue weighted by Crippen LogP contribution is 2.36. The number of H-pyrrole nitrogens is 1. The predicted octanol–water partition coefficient (Wildman–Crippen LogP) is 2.39. The second-order valence-corrected chi connectivity index (χ2v) is 9.18. The molecule has 4 heterocycles. The van der Waals surface area contributed by atoms with Gasteiger partial charge in [-0.05, 0) is 25.5 Å². The molecule has 2 aliphatic rings. The van der Waals surface area contributed by atoms with Crippen LogP contribution in [-0.2, 0) is 15.7 Å². The van der Waals surface area contributed by atoms with Gasteiger partial charge < -0.3 is 19.9 Å². The van der Waals surface area contributed by atoms with Crippen molar-refractivity contribution >= 4 is 17.4 Å². The third-order valence-electron chi connectivity index (χ3n) is 6.42. The number of carbonyl (C=O) groups excluding carboxylic acids is 1. The van der Waals surface area contributed by atoms with E-state index in [4.69, 9.17) is 10.00 Å². The number of alkyl halides is 5. The molecule has 2 aromatic heterocycles. The molecule has 1 amide bonds. The number of nitrogens with one attached hydrogen (secondary N) is 2. The predicted molar refractivity (Wildman–Crippen MR) is 124 cm³/mol. The molecule has 10 nitrogen and oxygen atoms in total. The summed E-state index contributed by atoms with van der Waals surface area (Å²) in [6.45, 7) is 0.893. The lowest BCUT2D eigenvalue weighted by Gasteiger charge is -2.42. The van der Waals surface area contributed by atoms with Crippen LogP contribution in [0.15, 0.2) is 29.3 Å². The van der Waals surface area contributed by atoms with Crippen molar-refractivity contribution in [1.29, 1.82) is 5.26 Å². The Morgan fingerprint density at radius 1 is 1.26 bits per heavy atom. The van der Waals surface area contributed by atoms with Gasteiger partial charge in [0.2, 0.25) is 0 Å². The zero-order valence-corrected chi connectivity index (χ0v) is 20.1. The van der Waals surface area contributed by atoms with E-state index < -0.39 is 59.5 Å². The first-order valence-corrected chi connectivity index (χ1v) is 11.7. The molecule has 0 radical (unpaired) electrons. The quantitative estimate of drug-likeness (QED) is 0.512. The van der Waals surface area contributed by atoms with E-state index in [9.17, 15) is 22.8 Å². The van der Waals surface area contributed by atoms with Crippen molar-refractivity contribution in [3.63, 3.8) is 0 Å². The van der Waals surface area contributed by atoms with Crippen LogP contribution in [0.25, 0.3) is 0 Å². The van der Waals surface area contributed by atoms with Crippen molar-refractivity contribution in [3.8, 4) is 6.07 Å². The third kappa shape index (κ3) is 5.69. The molecular weight excluding hydrogens is 517 g/mol. The van der Waals surface area contributed by atoms with Gasteiger partial charge in [0.25, 0.3) is 17.4 Å². The van der Waals surface area contributed by atoms with E-state index >= 15 is 8.78 Å². The number of hydrogen-bond acceptors (Lipinski definition) is 8. The number of nitrogens with zero attached hydrogens (tertiary/aromatic N) is 5.